The topological polar surface area (TPSA) is 82.7 Å². The smallest absolute Gasteiger partial charge is 0.255 e. The van der Waals surface area contributed by atoms with E-state index in [0.29, 0.717) is 36.7 Å². The molecule has 180 valence electrons. The van der Waals surface area contributed by atoms with Crippen molar-refractivity contribution in [1.29, 1.82) is 0 Å². The first-order valence-corrected chi connectivity index (χ1v) is 12.8. The van der Waals surface area contributed by atoms with Crippen molar-refractivity contribution in [3.8, 4) is 5.75 Å². The lowest BCUT2D eigenvalue weighted by atomic mass is 9.79. The fourth-order valence-electron chi connectivity index (χ4n) is 5.32. The molecule has 2 aromatic rings. The van der Waals surface area contributed by atoms with Crippen molar-refractivity contribution in [3.05, 3.63) is 51.5 Å². The second-order valence-corrected chi connectivity index (χ2v) is 10.5. The van der Waals surface area contributed by atoms with Crippen LogP contribution < -0.4 is 20.7 Å². The van der Waals surface area contributed by atoms with Gasteiger partial charge in [0.2, 0.25) is 5.91 Å². The van der Waals surface area contributed by atoms with Crippen LogP contribution in [0.1, 0.15) is 53.6 Å². The highest BCUT2D eigenvalue weighted by atomic mass is 79.9. The van der Waals surface area contributed by atoms with Crippen LogP contribution in [-0.4, -0.2) is 48.5 Å². The van der Waals surface area contributed by atoms with Crippen LogP contribution in [0.2, 0.25) is 0 Å². The number of hydrogen-bond donors (Lipinski definition) is 3. The SMILES string of the molecule is COc1cc(NC(=O)C2(N3Cc4c(Br)cc(NC5CNC5)cc4C3=O)CCCCC2)ccc1C. The number of carbonyl (C=O) groups excluding carboxylic acids is 2. The fourth-order valence-corrected chi connectivity index (χ4v) is 5.91. The molecule has 8 heteroatoms. The van der Waals surface area contributed by atoms with Gasteiger partial charge in [0, 0.05) is 47.1 Å². The van der Waals surface area contributed by atoms with Gasteiger partial charge < -0.3 is 25.6 Å². The van der Waals surface area contributed by atoms with Gasteiger partial charge >= 0.3 is 0 Å². The van der Waals surface area contributed by atoms with E-state index in [4.69, 9.17) is 4.74 Å². The van der Waals surface area contributed by atoms with Crippen molar-refractivity contribution in [3.63, 3.8) is 0 Å². The highest BCUT2D eigenvalue weighted by Gasteiger charge is 2.50. The molecule has 5 rings (SSSR count). The zero-order valence-corrected chi connectivity index (χ0v) is 21.3. The molecule has 2 fully saturated rings. The summed E-state index contributed by atoms with van der Waals surface area (Å²) in [6.45, 7) is 4.24. The van der Waals surface area contributed by atoms with Crippen LogP contribution in [-0.2, 0) is 11.3 Å². The predicted octanol–water partition coefficient (Wildman–Crippen LogP) is 4.45. The summed E-state index contributed by atoms with van der Waals surface area (Å²) >= 11 is 3.69. The normalized spacial score (nSPS) is 19.4. The second kappa shape index (κ2) is 9.23. The lowest BCUT2D eigenvalue weighted by Gasteiger charge is -2.43. The standard InChI is InChI=1S/C26H31BrN4O3/c1-16-6-7-17(12-23(16)34-2)30-25(33)26(8-4-3-5-9-26)31-15-21-20(24(31)32)10-18(11-22(21)27)29-19-13-28-14-19/h6-7,10-12,19,28-29H,3-5,8-9,13-15H2,1-2H3,(H,30,33). The molecular formula is C26H31BrN4O3. The third kappa shape index (κ3) is 4.07. The zero-order chi connectivity index (χ0) is 23.9. The number of carbonyl (C=O) groups is 2. The average molecular weight is 527 g/mol. The quantitative estimate of drug-likeness (QED) is 0.518. The first kappa shape index (κ1) is 23.2. The van der Waals surface area contributed by atoms with Crippen molar-refractivity contribution >= 4 is 39.1 Å². The van der Waals surface area contributed by atoms with E-state index in [1.807, 2.05) is 42.2 Å². The average Bonchev–Trinajstić information content (AvgIpc) is 3.15. The van der Waals surface area contributed by atoms with E-state index in [0.717, 1.165) is 59.4 Å². The molecule has 0 radical (unpaired) electrons. The minimum absolute atomic E-state index is 0.0652. The molecule has 0 spiro atoms. The van der Waals surface area contributed by atoms with Gasteiger partial charge in [0.1, 0.15) is 11.3 Å². The van der Waals surface area contributed by atoms with Gasteiger partial charge in [-0.25, -0.2) is 0 Å². The molecule has 3 aliphatic rings. The van der Waals surface area contributed by atoms with Gasteiger partial charge in [-0.2, -0.15) is 0 Å². The molecule has 2 heterocycles. The third-order valence-corrected chi connectivity index (χ3v) is 8.13. The first-order valence-electron chi connectivity index (χ1n) is 12.0. The van der Waals surface area contributed by atoms with E-state index >= 15 is 0 Å². The summed E-state index contributed by atoms with van der Waals surface area (Å²) in [6, 6.07) is 10.0. The van der Waals surface area contributed by atoms with Crippen LogP contribution in [0.3, 0.4) is 0 Å². The molecule has 2 aliphatic heterocycles. The predicted molar refractivity (Wildman–Crippen MR) is 136 cm³/mol. The number of nitrogens with zero attached hydrogens (tertiary/aromatic N) is 1. The number of hydrogen-bond acceptors (Lipinski definition) is 5. The van der Waals surface area contributed by atoms with Crippen LogP contribution in [0, 0.1) is 6.92 Å². The van der Waals surface area contributed by atoms with Crippen LogP contribution in [0.25, 0.3) is 0 Å². The van der Waals surface area contributed by atoms with Gasteiger partial charge in [-0.05, 0) is 49.1 Å². The summed E-state index contributed by atoms with van der Waals surface area (Å²) in [4.78, 5) is 29.4. The molecular weight excluding hydrogens is 496 g/mol. The van der Waals surface area contributed by atoms with Gasteiger partial charge in [0.25, 0.3) is 5.91 Å². The Bertz CT molecular complexity index is 1130. The van der Waals surface area contributed by atoms with E-state index in [-0.39, 0.29) is 11.8 Å². The molecule has 0 aromatic heterocycles. The number of methoxy groups -OCH3 is 1. The molecule has 2 aromatic carbocycles. The Labute approximate surface area is 208 Å². The van der Waals surface area contributed by atoms with Crippen LogP contribution in [0.5, 0.6) is 5.75 Å². The summed E-state index contributed by atoms with van der Waals surface area (Å²) in [7, 11) is 1.62. The number of nitrogens with one attached hydrogen (secondary N) is 3. The summed E-state index contributed by atoms with van der Waals surface area (Å²) in [5, 5.41) is 9.84. The number of ether oxygens (including phenoxy) is 1. The summed E-state index contributed by atoms with van der Waals surface area (Å²) in [5.74, 6) is 0.546. The maximum absolute atomic E-state index is 13.8. The monoisotopic (exact) mass is 526 g/mol. The Kier molecular flexibility index (Phi) is 6.29. The summed E-state index contributed by atoms with van der Waals surface area (Å²) in [5.41, 5.74) is 3.39. The number of halogens is 1. The molecule has 2 amide bonds. The van der Waals surface area contributed by atoms with Crippen molar-refractivity contribution in [2.45, 2.75) is 57.2 Å². The molecule has 1 saturated carbocycles. The number of fused-ring (bicyclic) bond motifs is 1. The van der Waals surface area contributed by atoms with Gasteiger partial charge in [-0.1, -0.05) is 41.3 Å². The van der Waals surface area contributed by atoms with E-state index < -0.39 is 5.54 Å². The molecule has 34 heavy (non-hydrogen) atoms. The molecule has 0 atom stereocenters. The Balaban J connectivity index is 1.44. The van der Waals surface area contributed by atoms with E-state index in [9.17, 15) is 9.59 Å². The molecule has 7 nitrogen and oxygen atoms in total. The minimum Gasteiger partial charge on any atom is -0.496 e. The Hall–Kier alpha value is -2.58. The molecule has 0 unspecified atom stereocenters. The van der Waals surface area contributed by atoms with Crippen molar-refractivity contribution < 1.29 is 14.3 Å². The van der Waals surface area contributed by atoms with Gasteiger partial charge in [-0.15, -0.1) is 0 Å². The maximum atomic E-state index is 13.8. The van der Waals surface area contributed by atoms with Crippen LogP contribution >= 0.6 is 15.9 Å². The zero-order valence-electron chi connectivity index (χ0n) is 19.7. The van der Waals surface area contributed by atoms with Crippen molar-refractivity contribution in [2.24, 2.45) is 0 Å². The number of benzene rings is 2. The van der Waals surface area contributed by atoms with Gasteiger partial charge in [0.15, 0.2) is 0 Å². The number of aryl methyl sites for hydroxylation is 1. The van der Waals surface area contributed by atoms with Crippen molar-refractivity contribution in [2.75, 3.05) is 30.8 Å². The van der Waals surface area contributed by atoms with Crippen molar-refractivity contribution in [1.82, 2.24) is 10.2 Å². The summed E-state index contributed by atoms with van der Waals surface area (Å²) in [6.07, 6.45) is 4.26. The van der Waals surface area contributed by atoms with E-state index in [1.54, 1.807) is 7.11 Å². The molecule has 3 N–H and O–H groups in total. The Morgan fingerprint density at radius 2 is 1.91 bits per heavy atom. The number of rotatable bonds is 6. The molecule has 1 saturated heterocycles. The van der Waals surface area contributed by atoms with Gasteiger partial charge in [-0.3, -0.25) is 9.59 Å². The fraction of sp³-hybridized carbons (Fsp3) is 0.462. The minimum atomic E-state index is -0.864. The highest BCUT2D eigenvalue weighted by Crippen LogP contribution is 2.42. The Morgan fingerprint density at radius 3 is 2.59 bits per heavy atom. The maximum Gasteiger partial charge on any atom is 0.255 e. The summed E-state index contributed by atoms with van der Waals surface area (Å²) < 4.78 is 6.34. The van der Waals surface area contributed by atoms with Gasteiger partial charge in [0.05, 0.1) is 13.2 Å². The number of amides is 2. The van der Waals surface area contributed by atoms with E-state index in [2.05, 4.69) is 31.9 Å². The van der Waals surface area contributed by atoms with E-state index in [1.165, 1.54) is 0 Å². The highest BCUT2D eigenvalue weighted by molar-refractivity contribution is 9.10. The first-order chi connectivity index (χ1) is 16.4. The largest absolute Gasteiger partial charge is 0.496 e. The molecule has 1 aliphatic carbocycles. The van der Waals surface area contributed by atoms with Crippen LogP contribution in [0.15, 0.2) is 34.8 Å². The second-order valence-electron chi connectivity index (χ2n) is 9.61. The third-order valence-electron chi connectivity index (χ3n) is 7.43. The molecule has 0 bridgehead atoms. The number of anilines is 2. The van der Waals surface area contributed by atoms with Crippen LogP contribution in [0.4, 0.5) is 11.4 Å². The lowest BCUT2D eigenvalue weighted by Crippen LogP contribution is -2.58. The Morgan fingerprint density at radius 1 is 1.15 bits per heavy atom. The lowest BCUT2D eigenvalue weighted by molar-refractivity contribution is -0.129.